The van der Waals surface area contributed by atoms with Gasteiger partial charge in [0, 0.05) is 11.4 Å². The zero-order valence-corrected chi connectivity index (χ0v) is 13.3. The Morgan fingerprint density at radius 2 is 2.25 bits per heavy atom. The lowest BCUT2D eigenvalue weighted by atomic mass is 10.2. The number of carboxylic acid groups (broad SMARTS) is 1. The number of carbonyl (C=O) groups is 1. The third-order valence-electron chi connectivity index (χ3n) is 2.95. The largest absolute Gasteiger partial charge is 0.477 e. The molecule has 1 N–H and O–H groups in total. The Labute approximate surface area is 126 Å². The van der Waals surface area contributed by atoms with Gasteiger partial charge in [0.05, 0.1) is 12.2 Å². The van der Waals surface area contributed by atoms with Crippen LogP contribution >= 0.6 is 22.7 Å². The van der Waals surface area contributed by atoms with E-state index < -0.39 is 5.97 Å². The Morgan fingerprint density at radius 1 is 1.45 bits per heavy atom. The molecule has 2 heterocycles. The van der Waals surface area contributed by atoms with Crippen molar-refractivity contribution in [2.45, 2.75) is 33.2 Å². The van der Waals surface area contributed by atoms with Gasteiger partial charge in [-0.1, -0.05) is 30.7 Å². The first-order valence-electron chi connectivity index (χ1n) is 6.66. The zero-order chi connectivity index (χ0) is 14.5. The lowest BCUT2D eigenvalue weighted by Crippen LogP contribution is -2.21. The summed E-state index contributed by atoms with van der Waals surface area (Å²) in [7, 11) is 0. The molecule has 0 fully saturated rings. The van der Waals surface area contributed by atoms with E-state index in [9.17, 15) is 9.90 Å². The van der Waals surface area contributed by atoms with E-state index >= 15 is 0 Å². The van der Waals surface area contributed by atoms with Gasteiger partial charge in [-0.3, -0.25) is 0 Å². The minimum Gasteiger partial charge on any atom is -0.477 e. The van der Waals surface area contributed by atoms with Crippen molar-refractivity contribution in [1.29, 1.82) is 0 Å². The van der Waals surface area contributed by atoms with E-state index in [1.54, 1.807) is 11.3 Å². The SMILES string of the molecule is CCCc1nc(N(CC)Cc2cccs2)sc1C(=O)O. The number of hydrogen-bond acceptors (Lipinski definition) is 5. The smallest absolute Gasteiger partial charge is 0.347 e. The number of aromatic nitrogens is 1. The molecule has 0 aromatic carbocycles. The molecule has 0 spiro atoms. The lowest BCUT2D eigenvalue weighted by Gasteiger charge is -2.18. The van der Waals surface area contributed by atoms with E-state index in [4.69, 9.17) is 0 Å². The van der Waals surface area contributed by atoms with Crippen LogP contribution in [0.25, 0.3) is 0 Å². The molecule has 0 saturated heterocycles. The van der Waals surface area contributed by atoms with Crippen LogP contribution in [-0.4, -0.2) is 22.6 Å². The van der Waals surface area contributed by atoms with Gasteiger partial charge in [-0.15, -0.1) is 11.3 Å². The number of anilines is 1. The van der Waals surface area contributed by atoms with Crippen LogP contribution in [0.4, 0.5) is 5.13 Å². The van der Waals surface area contributed by atoms with Gasteiger partial charge in [0.15, 0.2) is 5.13 Å². The van der Waals surface area contributed by atoms with Gasteiger partial charge in [0.25, 0.3) is 0 Å². The van der Waals surface area contributed by atoms with Gasteiger partial charge in [-0.2, -0.15) is 0 Å². The zero-order valence-electron chi connectivity index (χ0n) is 11.6. The Kier molecular flexibility index (Phi) is 5.14. The minimum atomic E-state index is -0.871. The van der Waals surface area contributed by atoms with Gasteiger partial charge in [0.1, 0.15) is 4.88 Å². The summed E-state index contributed by atoms with van der Waals surface area (Å²) < 4.78 is 0. The molecule has 0 saturated carbocycles. The number of hydrogen-bond donors (Lipinski definition) is 1. The molecule has 0 aliphatic heterocycles. The molecule has 2 aromatic heterocycles. The molecule has 20 heavy (non-hydrogen) atoms. The summed E-state index contributed by atoms with van der Waals surface area (Å²) in [6.07, 6.45) is 1.62. The number of rotatable bonds is 7. The van der Waals surface area contributed by atoms with Crippen molar-refractivity contribution < 1.29 is 9.90 Å². The summed E-state index contributed by atoms with van der Waals surface area (Å²) in [5, 5.41) is 12.1. The van der Waals surface area contributed by atoms with E-state index in [1.807, 2.05) is 13.0 Å². The molecule has 0 amide bonds. The Morgan fingerprint density at radius 3 is 2.80 bits per heavy atom. The molecule has 6 heteroatoms. The fraction of sp³-hybridized carbons (Fsp3) is 0.429. The maximum atomic E-state index is 11.3. The predicted octanol–water partition coefficient (Wildman–Crippen LogP) is 3.88. The van der Waals surface area contributed by atoms with Crippen LogP contribution in [0.1, 0.15) is 40.5 Å². The van der Waals surface area contributed by atoms with Crippen LogP contribution in [0.15, 0.2) is 17.5 Å². The van der Waals surface area contributed by atoms with Gasteiger partial charge >= 0.3 is 5.97 Å². The molecule has 0 aliphatic rings. The second-order valence-corrected chi connectivity index (χ2v) is 6.43. The van der Waals surface area contributed by atoms with Crippen LogP contribution < -0.4 is 4.90 Å². The monoisotopic (exact) mass is 310 g/mol. The Hall–Kier alpha value is -1.40. The topological polar surface area (TPSA) is 53.4 Å². The van der Waals surface area contributed by atoms with Crippen LogP contribution in [-0.2, 0) is 13.0 Å². The average Bonchev–Trinajstić information content (AvgIpc) is 3.05. The van der Waals surface area contributed by atoms with Crippen molar-refractivity contribution >= 4 is 33.8 Å². The average molecular weight is 310 g/mol. The summed E-state index contributed by atoms with van der Waals surface area (Å²) >= 11 is 2.99. The fourth-order valence-electron chi connectivity index (χ4n) is 1.95. The summed E-state index contributed by atoms with van der Waals surface area (Å²) in [5.41, 5.74) is 0.713. The first kappa shape index (κ1) is 15.0. The van der Waals surface area contributed by atoms with Gasteiger partial charge in [0.2, 0.25) is 0 Å². The Balaban J connectivity index is 2.25. The van der Waals surface area contributed by atoms with E-state index in [0.717, 1.165) is 24.6 Å². The Bertz CT molecular complexity index is 564. The number of thiazole rings is 1. The fourth-order valence-corrected chi connectivity index (χ4v) is 3.69. The van der Waals surface area contributed by atoms with Crippen LogP contribution in [0, 0.1) is 0 Å². The van der Waals surface area contributed by atoms with Crippen molar-refractivity contribution in [3.8, 4) is 0 Å². The van der Waals surface area contributed by atoms with Crippen LogP contribution in [0.3, 0.4) is 0 Å². The predicted molar refractivity (Wildman–Crippen MR) is 84.1 cm³/mol. The number of nitrogens with zero attached hydrogens (tertiary/aromatic N) is 2. The first-order valence-corrected chi connectivity index (χ1v) is 8.35. The molecule has 0 radical (unpaired) electrons. The second-order valence-electron chi connectivity index (χ2n) is 4.42. The summed E-state index contributed by atoms with van der Waals surface area (Å²) in [5.74, 6) is -0.871. The normalized spacial score (nSPS) is 10.7. The number of carboxylic acids is 1. The van der Waals surface area contributed by atoms with E-state index in [2.05, 4.69) is 28.3 Å². The summed E-state index contributed by atoms with van der Waals surface area (Å²) in [6, 6.07) is 4.12. The van der Waals surface area contributed by atoms with Crippen molar-refractivity contribution in [2.24, 2.45) is 0 Å². The van der Waals surface area contributed by atoms with E-state index in [1.165, 1.54) is 16.2 Å². The molecular formula is C14H18N2O2S2. The highest BCUT2D eigenvalue weighted by atomic mass is 32.1. The minimum absolute atomic E-state index is 0.381. The second kappa shape index (κ2) is 6.85. The molecule has 2 rings (SSSR count). The van der Waals surface area contributed by atoms with Crippen LogP contribution in [0.2, 0.25) is 0 Å². The number of thiophene rings is 1. The first-order chi connectivity index (χ1) is 9.65. The molecule has 0 bridgehead atoms. The standard InChI is InChI=1S/C14H18N2O2S2/c1-3-6-11-12(13(17)18)20-14(15-11)16(4-2)9-10-7-5-8-19-10/h5,7-8H,3-4,6,9H2,1-2H3,(H,17,18). The maximum Gasteiger partial charge on any atom is 0.347 e. The van der Waals surface area contributed by atoms with Gasteiger partial charge in [-0.05, 0) is 24.8 Å². The van der Waals surface area contributed by atoms with Crippen molar-refractivity contribution in [3.05, 3.63) is 33.0 Å². The van der Waals surface area contributed by atoms with Crippen LogP contribution in [0.5, 0.6) is 0 Å². The number of aryl methyl sites for hydroxylation is 1. The summed E-state index contributed by atoms with van der Waals surface area (Å²) in [4.78, 5) is 19.6. The molecule has 0 aliphatic carbocycles. The molecule has 4 nitrogen and oxygen atoms in total. The number of aromatic carboxylic acids is 1. The van der Waals surface area contributed by atoms with Crippen molar-refractivity contribution in [2.75, 3.05) is 11.4 Å². The third-order valence-corrected chi connectivity index (χ3v) is 4.95. The molecular weight excluding hydrogens is 292 g/mol. The third kappa shape index (κ3) is 3.37. The van der Waals surface area contributed by atoms with Crippen molar-refractivity contribution in [1.82, 2.24) is 4.98 Å². The van der Waals surface area contributed by atoms with E-state index in [0.29, 0.717) is 17.0 Å². The van der Waals surface area contributed by atoms with Gasteiger partial charge in [-0.25, -0.2) is 9.78 Å². The highest BCUT2D eigenvalue weighted by Gasteiger charge is 2.19. The molecule has 108 valence electrons. The highest BCUT2D eigenvalue weighted by Crippen LogP contribution is 2.29. The molecule has 0 unspecified atom stereocenters. The lowest BCUT2D eigenvalue weighted by molar-refractivity contribution is 0.0700. The highest BCUT2D eigenvalue weighted by molar-refractivity contribution is 7.17. The van der Waals surface area contributed by atoms with E-state index in [-0.39, 0.29) is 0 Å². The molecule has 2 aromatic rings. The molecule has 0 atom stereocenters. The van der Waals surface area contributed by atoms with Crippen molar-refractivity contribution in [3.63, 3.8) is 0 Å². The summed E-state index contributed by atoms with van der Waals surface area (Å²) in [6.45, 7) is 5.70. The maximum absolute atomic E-state index is 11.3. The van der Waals surface area contributed by atoms with Gasteiger partial charge < -0.3 is 10.0 Å². The quantitative estimate of drug-likeness (QED) is 0.843.